The van der Waals surface area contributed by atoms with Crippen molar-refractivity contribution in [3.8, 4) is 22.8 Å². The third-order valence-electron chi connectivity index (χ3n) is 3.68. The second-order valence-corrected chi connectivity index (χ2v) is 6.64. The molecule has 0 aliphatic carbocycles. The summed E-state index contributed by atoms with van der Waals surface area (Å²) < 4.78 is 11.4. The van der Waals surface area contributed by atoms with Gasteiger partial charge in [0.25, 0.3) is 5.91 Å². The highest BCUT2D eigenvalue weighted by Crippen LogP contribution is 2.36. The van der Waals surface area contributed by atoms with E-state index in [9.17, 15) is 4.79 Å². The molecular weight excluding hydrogens is 422 g/mol. The fourth-order valence-electron chi connectivity index (χ4n) is 2.35. The summed E-state index contributed by atoms with van der Waals surface area (Å²) >= 11 is 9.52. The lowest BCUT2D eigenvalue weighted by Crippen LogP contribution is -2.13. The summed E-state index contributed by atoms with van der Waals surface area (Å²) in [6, 6.07) is 12.5. The van der Waals surface area contributed by atoms with Crippen LogP contribution in [0.5, 0.6) is 11.5 Å². The number of rotatable bonds is 5. The number of nitrogens with zero attached hydrogens (tertiary/aromatic N) is 1. The number of halogens is 2. The van der Waals surface area contributed by atoms with Crippen LogP contribution < -0.4 is 14.8 Å². The molecule has 6 nitrogen and oxygen atoms in total. The van der Waals surface area contributed by atoms with Crippen molar-refractivity contribution in [3.63, 3.8) is 0 Å². The van der Waals surface area contributed by atoms with Gasteiger partial charge in [0, 0.05) is 16.1 Å². The first-order valence-electron chi connectivity index (χ1n) is 7.56. The average Bonchev–Trinajstić information content (AvgIpc) is 3.13. The maximum absolute atomic E-state index is 12.5. The van der Waals surface area contributed by atoms with Crippen LogP contribution in [0.1, 0.15) is 10.5 Å². The van der Waals surface area contributed by atoms with Crippen molar-refractivity contribution in [2.75, 3.05) is 19.5 Å². The molecule has 0 saturated carbocycles. The Kier molecular flexibility index (Phi) is 5.49. The summed E-state index contributed by atoms with van der Waals surface area (Å²) in [4.78, 5) is 12.5. The molecular formula is C18H15BrClN3O3. The number of carbonyl (C=O) groups is 1. The molecule has 2 aromatic carbocycles. The molecule has 1 amide bonds. The highest BCUT2D eigenvalue weighted by atomic mass is 79.9. The van der Waals surface area contributed by atoms with Gasteiger partial charge in [0.2, 0.25) is 0 Å². The van der Waals surface area contributed by atoms with Crippen molar-refractivity contribution in [1.82, 2.24) is 10.2 Å². The van der Waals surface area contributed by atoms with E-state index in [0.29, 0.717) is 33.6 Å². The summed E-state index contributed by atoms with van der Waals surface area (Å²) in [5, 5.41) is 10.1. The Morgan fingerprint density at radius 3 is 2.46 bits per heavy atom. The number of aromatic amines is 1. The zero-order valence-electron chi connectivity index (χ0n) is 14.0. The normalized spacial score (nSPS) is 10.5. The van der Waals surface area contributed by atoms with Crippen LogP contribution in [-0.2, 0) is 0 Å². The van der Waals surface area contributed by atoms with Crippen molar-refractivity contribution in [3.05, 3.63) is 57.7 Å². The van der Waals surface area contributed by atoms with Gasteiger partial charge in [-0.2, -0.15) is 5.10 Å². The number of amides is 1. The number of H-pyrrole nitrogens is 1. The Labute approximate surface area is 163 Å². The van der Waals surface area contributed by atoms with Gasteiger partial charge in [-0.15, -0.1) is 0 Å². The van der Waals surface area contributed by atoms with Gasteiger partial charge >= 0.3 is 0 Å². The lowest BCUT2D eigenvalue weighted by atomic mass is 10.1. The third kappa shape index (κ3) is 3.84. The largest absolute Gasteiger partial charge is 0.495 e. The molecule has 0 aliphatic heterocycles. The van der Waals surface area contributed by atoms with E-state index in [4.69, 9.17) is 21.1 Å². The van der Waals surface area contributed by atoms with E-state index in [-0.39, 0.29) is 5.91 Å². The molecule has 0 bridgehead atoms. The molecule has 0 unspecified atom stereocenters. The van der Waals surface area contributed by atoms with Crippen LogP contribution in [0.3, 0.4) is 0 Å². The smallest absolute Gasteiger partial charge is 0.273 e. The second-order valence-electron chi connectivity index (χ2n) is 5.31. The predicted molar refractivity (Wildman–Crippen MR) is 104 cm³/mol. The zero-order valence-corrected chi connectivity index (χ0v) is 16.3. The van der Waals surface area contributed by atoms with Gasteiger partial charge in [0.15, 0.2) is 0 Å². The first-order valence-corrected chi connectivity index (χ1v) is 8.73. The number of aromatic nitrogens is 2. The zero-order chi connectivity index (χ0) is 18.7. The maximum atomic E-state index is 12.5. The molecule has 26 heavy (non-hydrogen) atoms. The molecule has 0 fully saturated rings. The van der Waals surface area contributed by atoms with E-state index < -0.39 is 0 Å². The molecule has 0 aliphatic rings. The fourth-order valence-corrected chi connectivity index (χ4v) is 2.86. The van der Waals surface area contributed by atoms with Crippen LogP contribution in [0.4, 0.5) is 5.69 Å². The minimum absolute atomic E-state index is 0.317. The Morgan fingerprint density at radius 2 is 1.81 bits per heavy atom. The molecule has 1 heterocycles. The lowest BCUT2D eigenvalue weighted by molar-refractivity contribution is 0.102. The van der Waals surface area contributed by atoms with Gasteiger partial charge in [0.1, 0.15) is 17.2 Å². The molecule has 0 spiro atoms. The van der Waals surface area contributed by atoms with E-state index in [1.165, 1.54) is 14.2 Å². The summed E-state index contributed by atoms with van der Waals surface area (Å²) in [5.41, 5.74) is 2.32. The quantitative estimate of drug-likeness (QED) is 0.604. The van der Waals surface area contributed by atoms with E-state index in [2.05, 4.69) is 31.4 Å². The third-order valence-corrected chi connectivity index (χ3v) is 4.51. The average molecular weight is 437 g/mol. The second kappa shape index (κ2) is 7.80. The van der Waals surface area contributed by atoms with Gasteiger partial charge in [-0.05, 0) is 24.3 Å². The van der Waals surface area contributed by atoms with E-state index in [0.717, 1.165) is 10.0 Å². The molecule has 2 N–H and O–H groups in total. The molecule has 0 saturated heterocycles. The van der Waals surface area contributed by atoms with Crippen LogP contribution >= 0.6 is 27.5 Å². The number of benzene rings is 2. The van der Waals surface area contributed by atoms with Gasteiger partial charge < -0.3 is 14.8 Å². The van der Waals surface area contributed by atoms with Crippen LogP contribution in [0.15, 0.2) is 46.9 Å². The molecule has 3 aromatic rings. The number of methoxy groups -OCH3 is 2. The Balaban J connectivity index is 1.83. The van der Waals surface area contributed by atoms with Crippen molar-refractivity contribution >= 4 is 39.1 Å². The van der Waals surface area contributed by atoms with Gasteiger partial charge in [-0.3, -0.25) is 9.89 Å². The van der Waals surface area contributed by atoms with Gasteiger partial charge in [-0.1, -0.05) is 39.7 Å². The number of ether oxygens (including phenoxy) is 2. The minimum Gasteiger partial charge on any atom is -0.495 e. The molecule has 134 valence electrons. The van der Waals surface area contributed by atoms with Crippen molar-refractivity contribution < 1.29 is 14.3 Å². The predicted octanol–water partition coefficient (Wildman–Crippen LogP) is 4.76. The topological polar surface area (TPSA) is 76.2 Å². The van der Waals surface area contributed by atoms with Crippen LogP contribution in [0.25, 0.3) is 11.3 Å². The SMILES string of the molecule is COc1cc(OC)c(NC(=O)c2cc(-c3ccc(Br)cc3)n[nH]2)cc1Cl. The lowest BCUT2D eigenvalue weighted by Gasteiger charge is -2.12. The minimum atomic E-state index is -0.361. The van der Waals surface area contributed by atoms with Gasteiger partial charge in [-0.25, -0.2) is 0 Å². The van der Waals surface area contributed by atoms with E-state index in [1.807, 2.05) is 24.3 Å². The fraction of sp³-hybridized carbons (Fsp3) is 0.111. The summed E-state index contributed by atoms with van der Waals surface area (Å²) in [5.74, 6) is 0.535. The van der Waals surface area contributed by atoms with E-state index in [1.54, 1.807) is 18.2 Å². The molecule has 0 radical (unpaired) electrons. The molecule has 8 heteroatoms. The number of anilines is 1. The Hall–Kier alpha value is -2.51. The molecule has 0 atom stereocenters. The summed E-state index contributed by atoms with van der Waals surface area (Å²) in [6.07, 6.45) is 0. The number of hydrogen-bond acceptors (Lipinski definition) is 4. The summed E-state index contributed by atoms with van der Waals surface area (Å²) in [7, 11) is 3.01. The van der Waals surface area contributed by atoms with Crippen molar-refractivity contribution in [2.24, 2.45) is 0 Å². The van der Waals surface area contributed by atoms with Gasteiger partial charge in [0.05, 0.1) is 30.6 Å². The number of nitrogens with one attached hydrogen (secondary N) is 2. The number of hydrogen-bond donors (Lipinski definition) is 2. The van der Waals surface area contributed by atoms with Crippen molar-refractivity contribution in [1.29, 1.82) is 0 Å². The monoisotopic (exact) mass is 435 g/mol. The van der Waals surface area contributed by atoms with Crippen LogP contribution in [0.2, 0.25) is 5.02 Å². The van der Waals surface area contributed by atoms with E-state index >= 15 is 0 Å². The standard InChI is InChI=1S/C18H15BrClN3O3/c1-25-16-9-17(26-2)14(7-12(16)20)21-18(24)15-8-13(22-23-15)10-3-5-11(19)6-4-10/h3-9H,1-2H3,(H,21,24)(H,22,23). The first-order chi connectivity index (χ1) is 12.5. The first kappa shape index (κ1) is 18.3. The highest BCUT2D eigenvalue weighted by Gasteiger charge is 2.16. The maximum Gasteiger partial charge on any atom is 0.273 e. The summed E-state index contributed by atoms with van der Waals surface area (Å²) in [6.45, 7) is 0. The Bertz CT molecular complexity index is 941. The number of carbonyl (C=O) groups excluding carboxylic acids is 1. The molecule has 3 rings (SSSR count). The van der Waals surface area contributed by atoms with Crippen LogP contribution in [-0.4, -0.2) is 30.3 Å². The molecule has 1 aromatic heterocycles. The van der Waals surface area contributed by atoms with Crippen LogP contribution in [0, 0.1) is 0 Å². The Morgan fingerprint density at radius 1 is 1.12 bits per heavy atom. The van der Waals surface area contributed by atoms with Crippen molar-refractivity contribution in [2.45, 2.75) is 0 Å². The highest BCUT2D eigenvalue weighted by molar-refractivity contribution is 9.10.